The summed E-state index contributed by atoms with van der Waals surface area (Å²) in [5.41, 5.74) is 5.42. The van der Waals surface area contributed by atoms with Crippen molar-refractivity contribution in [1.82, 2.24) is 0 Å². The van der Waals surface area contributed by atoms with E-state index in [1.54, 1.807) is 0 Å². The van der Waals surface area contributed by atoms with Crippen LogP contribution in [0.25, 0.3) is 0 Å². The second-order valence-electron chi connectivity index (χ2n) is 6.72. The fraction of sp³-hybridized carbons (Fsp3) is 0.556. The highest BCUT2D eigenvalue weighted by atomic mass is 15.4. The van der Waals surface area contributed by atoms with Crippen LogP contribution in [0.5, 0.6) is 0 Å². The Balaban J connectivity index is 2.03. The molecular formula is C18H26N2. The molecular weight excluding hydrogens is 244 g/mol. The molecule has 1 aromatic rings. The molecule has 0 aromatic heterocycles. The number of aryl methyl sites for hydroxylation is 2. The summed E-state index contributed by atoms with van der Waals surface area (Å²) in [6.45, 7) is 11.1. The van der Waals surface area contributed by atoms with Crippen LogP contribution in [0.3, 0.4) is 0 Å². The minimum absolute atomic E-state index is 0.621. The van der Waals surface area contributed by atoms with Crippen molar-refractivity contribution < 1.29 is 0 Å². The molecule has 1 heterocycles. The first kappa shape index (κ1) is 13.5. The van der Waals surface area contributed by atoms with Crippen LogP contribution in [0.15, 0.2) is 24.5 Å². The molecule has 1 aliphatic heterocycles. The van der Waals surface area contributed by atoms with E-state index in [9.17, 15) is 0 Å². The summed E-state index contributed by atoms with van der Waals surface area (Å²) in [5, 5.41) is 0. The van der Waals surface area contributed by atoms with Crippen LogP contribution in [0.4, 0.5) is 11.4 Å². The van der Waals surface area contributed by atoms with E-state index in [0.29, 0.717) is 6.04 Å². The van der Waals surface area contributed by atoms with Gasteiger partial charge >= 0.3 is 0 Å². The zero-order valence-corrected chi connectivity index (χ0v) is 13.2. The standard InChI is InChI=1S/C18H26N2/c1-12-7-6-8-16(10-12)20-15(4)19(5)18-14(3)9-13(2)11-17(18)20/h9,11-12,16H,4,6-8,10H2,1-3,5H3/t12-,16?/m0/s1. The van der Waals surface area contributed by atoms with Crippen LogP contribution in [0.1, 0.15) is 43.7 Å². The van der Waals surface area contributed by atoms with E-state index in [2.05, 4.69) is 56.3 Å². The van der Waals surface area contributed by atoms with E-state index >= 15 is 0 Å². The molecule has 2 heteroatoms. The van der Waals surface area contributed by atoms with Gasteiger partial charge in [-0.15, -0.1) is 0 Å². The first-order valence-corrected chi connectivity index (χ1v) is 7.82. The lowest BCUT2D eigenvalue weighted by atomic mass is 9.86. The van der Waals surface area contributed by atoms with Gasteiger partial charge in [0.25, 0.3) is 0 Å². The normalized spacial score (nSPS) is 26.1. The lowest BCUT2D eigenvalue weighted by molar-refractivity contribution is 0.338. The van der Waals surface area contributed by atoms with Crippen molar-refractivity contribution in [2.75, 3.05) is 16.8 Å². The zero-order chi connectivity index (χ0) is 14.4. The molecule has 1 fully saturated rings. The third-order valence-electron chi connectivity index (χ3n) is 4.96. The summed E-state index contributed by atoms with van der Waals surface area (Å²) < 4.78 is 0. The van der Waals surface area contributed by atoms with Gasteiger partial charge in [0, 0.05) is 13.1 Å². The fourth-order valence-electron chi connectivity index (χ4n) is 4.03. The van der Waals surface area contributed by atoms with Crippen molar-refractivity contribution in [2.45, 2.75) is 52.5 Å². The molecule has 1 aliphatic carbocycles. The molecule has 108 valence electrons. The number of nitrogens with zero attached hydrogens (tertiary/aromatic N) is 2. The highest BCUT2D eigenvalue weighted by molar-refractivity contribution is 5.85. The van der Waals surface area contributed by atoms with E-state index in [1.165, 1.54) is 48.2 Å². The van der Waals surface area contributed by atoms with Crippen molar-refractivity contribution in [2.24, 2.45) is 5.92 Å². The topological polar surface area (TPSA) is 6.48 Å². The van der Waals surface area contributed by atoms with Crippen LogP contribution in [-0.2, 0) is 0 Å². The third-order valence-corrected chi connectivity index (χ3v) is 4.96. The van der Waals surface area contributed by atoms with Gasteiger partial charge in [-0.1, -0.05) is 32.4 Å². The van der Waals surface area contributed by atoms with Gasteiger partial charge in [0.2, 0.25) is 0 Å². The van der Waals surface area contributed by atoms with Crippen LogP contribution in [0.2, 0.25) is 0 Å². The first-order chi connectivity index (χ1) is 9.49. The molecule has 0 saturated heterocycles. The van der Waals surface area contributed by atoms with Crippen molar-refractivity contribution in [1.29, 1.82) is 0 Å². The van der Waals surface area contributed by atoms with Crippen LogP contribution in [-0.4, -0.2) is 13.1 Å². The summed E-state index contributed by atoms with van der Waals surface area (Å²) in [7, 11) is 2.15. The summed E-state index contributed by atoms with van der Waals surface area (Å²) in [6, 6.07) is 5.22. The molecule has 2 aliphatic rings. The average molecular weight is 270 g/mol. The van der Waals surface area contributed by atoms with Gasteiger partial charge in [-0.25, -0.2) is 0 Å². The molecule has 1 aromatic carbocycles. The minimum Gasteiger partial charge on any atom is -0.329 e. The largest absolute Gasteiger partial charge is 0.329 e. The fourth-order valence-corrected chi connectivity index (χ4v) is 4.03. The van der Waals surface area contributed by atoms with Gasteiger partial charge in [0.05, 0.1) is 11.4 Å². The van der Waals surface area contributed by atoms with E-state index in [1.807, 2.05) is 0 Å². The quantitative estimate of drug-likeness (QED) is 0.735. The highest BCUT2D eigenvalue weighted by Gasteiger charge is 2.35. The Bertz CT molecular complexity index is 547. The number of fused-ring (bicyclic) bond motifs is 1. The van der Waals surface area contributed by atoms with E-state index in [0.717, 1.165) is 11.7 Å². The Morgan fingerprint density at radius 1 is 1.20 bits per heavy atom. The molecule has 0 amide bonds. The van der Waals surface area contributed by atoms with Gasteiger partial charge in [-0.3, -0.25) is 0 Å². The van der Waals surface area contributed by atoms with E-state index < -0.39 is 0 Å². The molecule has 1 saturated carbocycles. The Morgan fingerprint density at radius 3 is 2.65 bits per heavy atom. The SMILES string of the molecule is C=C1N(C)c2c(C)cc(C)cc2N1C1CCC[C@H](C)C1. The predicted octanol–water partition coefficient (Wildman–Crippen LogP) is 4.61. The Hall–Kier alpha value is -1.44. The molecule has 1 unspecified atom stereocenters. The summed E-state index contributed by atoms with van der Waals surface area (Å²) in [4.78, 5) is 4.77. The minimum atomic E-state index is 0.621. The van der Waals surface area contributed by atoms with Gasteiger partial charge in [0.15, 0.2) is 0 Å². The Labute approximate surface area is 123 Å². The molecule has 0 bridgehead atoms. The number of benzene rings is 1. The number of rotatable bonds is 1. The summed E-state index contributed by atoms with van der Waals surface area (Å²) in [6.07, 6.45) is 5.31. The van der Waals surface area contributed by atoms with Crippen LogP contribution >= 0.6 is 0 Å². The third kappa shape index (κ3) is 2.02. The second kappa shape index (κ2) is 4.83. The second-order valence-corrected chi connectivity index (χ2v) is 6.72. The molecule has 20 heavy (non-hydrogen) atoms. The van der Waals surface area contributed by atoms with Crippen LogP contribution < -0.4 is 9.80 Å². The first-order valence-electron chi connectivity index (χ1n) is 7.82. The lowest BCUT2D eigenvalue weighted by Crippen LogP contribution is -2.38. The maximum Gasteiger partial charge on any atom is 0.106 e. The smallest absolute Gasteiger partial charge is 0.106 e. The summed E-state index contributed by atoms with van der Waals surface area (Å²) >= 11 is 0. The zero-order valence-electron chi connectivity index (χ0n) is 13.2. The molecule has 0 radical (unpaired) electrons. The average Bonchev–Trinajstić information content (AvgIpc) is 2.61. The number of anilines is 2. The molecule has 0 spiro atoms. The predicted molar refractivity (Wildman–Crippen MR) is 87.4 cm³/mol. The maximum absolute atomic E-state index is 4.35. The summed E-state index contributed by atoms with van der Waals surface area (Å²) in [5.74, 6) is 1.98. The van der Waals surface area contributed by atoms with Crippen molar-refractivity contribution >= 4 is 11.4 Å². The maximum atomic E-state index is 4.35. The van der Waals surface area contributed by atoms with E-state index in [4.69, 9.17) is 0 Å². The Kier molecular flexibility index (Phi) is 3.27. The van der Waals surface area contributed by atoms with Gasteiger partial charge in [0.1, 0.15) is 5.82 Å². The lowest BCUT2D eigenvalue weighted by Gasteiger charge is -2.36. The number of hydrogen-bond donors (Lipinski definition) is 0. The number of hydrogen-bond acceptors (Lipinski definition) is 2. The monoisotopic (exact) mass is 270 g/mol. The molecule has 0 N–H and O–H groups in total. The van der Waals surface area contributed by atoms with Crippen molar-refractivity contribution in [3.63, 3.8) is 0 Å². The highest BCUT2D eigenvalue weighted by Crippen LogP contribution is 2.46. The molecule has 2 atom stereocenters. The van der Waals surface area contributed by atoms with Gasteiger partial charge < -0.3 is 9.80 Å². The van der Waals surface area contributed by atoms with E-state index in [-0.39, 0.29) is 0 Å². The van der Waals surface area contributed by atoms with Gasteiger partial charge in [-0.2, -0.15) is 0 Å². The van der Waals surface area contributed by atoms with Crippen molar-refractivity contribution in [3.05, 3.63) is 35.7 Å². The van der Waals surface area contributed by atoms with Gasteiger partial charge in [-0.05, 0) is 49.8 Å². The van der Waals surface area contributed by atoms with Crippen molar-refractivity contribution in [3.8, 4) is 0 Å². The molecule has 3 rings (SSSR count). The van der Waals surface area contributed by atoms with Crippen LogP contribution in [0, 0.1) is 19.8 Å². The Morgan fingerprint density at radius 2 is 1.95 bits per heavy atom. The molecule has 2 nitrogen and oxygen atoms in total.